The summed E-state index contributed by atoms with van der Waals surface area (Å²) in [5.41, 5.74) is 0.404. The first-order valence-corrected chi connectivity index (χ1v) is 8.70. The van der Waals surface area contributed by atoms with E-state index in [0.717, 1.165) is 18.5 Å². The number of carbonyl (C=O) groups is 1. The van der Waals surface area contributed by atoms with Crippen LogP contribution in [0.15, 0.2) is 18.2 Å². The third kappa shape index (κ3) is 5.35. The Balaban J connectivity index is 1.82. The van der Waals surface area contributed by atoms with Gasteiger partial charge in [0, 0.05) is 30.7 Å². The second-order valence-electron chi connectivity index (χ2n) is 7.38. The number of nitrogens with one attached hydrogen (secondary N) is 1. The second-order valence-corrected chi connectivity index (χ2v) is 7.78. The molecule has 0 aliphatic carbocycles. The van der Waals surface area contributed by atoms with E-state index in [-0.39, 0.29) is 18.0 Å². The summed E-state index contributed by atoms with van der Waals surface area (Å²) < 4.78 is 18.5. The molecule has 1 heterocycles. The largest absolute Gasteiger partial charge is 0.444 e. The van der Waals surface area contributed by atoms with Gasteiger partial charge in [-0.15, -0.1) is 0 Å². The van der Waals surface area contributed by atoms with E-state index >= 15 is 0 Å². The number of carbonyl (C=O) groups excluding carboxylic acids is 1. The Bertz CT molecular complexity index is 589. The van der Waals surface area contributed by atoms with Crippen LogP contribution in [0.2, 0.25) is 5.02 Å². The zero-order valence-corrected chi connectivity index (χ0v) is 15.5. The van der Waals surface area contributed by atoms with Crippen molar-refractivity contribution in [2.45, 2.75) is 45.8 Å². The van der Waals surface area contributed by atoms with Crippen molar-refractivity contribution in [2.75, 3.05) is 19.6 Å². The molecule has 6 heteroatoms. The van der Waals surface area contributed by atoms with Crippen LogP contribution in [-0.2, 0) is 4.74 Å². The van der Waals surface area contributed by atoms with Crippen molar-refractivity contribution in [3.63, 3.8) is 0 Å². The van der Waals surface area contributed by atoms with Gasteiger partial charge in [0.25, 0.3) is 0 Å². The Kier molecular flexibility index (Phi) is 6.10. The zero-order valence-electron chi connectivity index (χ0n) is 14.7. The van der Waals surface area contributed by atoms with Crippen LogP contribution in [0.5, 0.6) is 0 Å². The molecule has 0 radical (unpaired) electrons. The van der Waals surface area contributed by atoms with E-state index in [9.17, 15) is 9.18 Å². The van der Waals surface area contributed by atoms with Crippen molar-refractivity contribution in [3.05, 3.63) is 34.6 Å². The number of rotatable bonds is 4. The summed E-state index contributed by atoms with van der Waals surface area (Å²) in [6.45, 7) is 9.78. The standard InChI is InChI=1S/C18H26ClFN2O2/c1-12(15-6-5-14(20)9-16(15)19)21-10-13-7-8-22(11-13)17(23)24-18(2,3)4/h5-6,9,12-13,21H,7-8,10-11H2,1-4H3. The van der Waals surface area contributed by atoms with Crippen LogP contribution >= 0.6 is 11.6 Å². The highest BCUT2D eigenvalue weighted by atomic mass is 35.5. The average molecular weight is 357 g/mol. The van der Waals surface area contributed by atoms with Crippen LogP contribution in [0.1, 0.15) is 45.7 Å². The lowest BCUT2D eigenvalue weighted by Gasteiger charge is -2.24. The summed E-state index contributed by atoms with van der Waals surface area (Å²) in [6.07, 6.45) is 0.690. The molecule has 1 aromatic carbocycles. The lowest BCUT2D eigenvalue weighted by atomic mass is 10.1. The molecule has 1 aliphatic rings. The quantitative estimate of drug-likeness (QED) is 0.870. The fourth-order valence-electron chi connectivity index (χ4n) is 2.80. The fourth-order valence-corrected chi connectivity index (χ4v) is 3.13. The molecule has 2 unspecified atom stereocenters. The van der Waals surface area contributed by atoms with Gasteiger partial charge >= 0.3 is 6.09 Å². The van der Waals surface area contributed by atoms with E-state index in [1.165, 1.54) is 12.1 Å². The smallest absolute Gasteiger partial charge is 0.410 e. The molecular formula is C18H26ClFN2O2. The minimum absolute atomic E-state index is 0.0219. The zero-order chi connectivity index (χ0) is 17.9. The van der Waals surface area contributed by atoms with E-state index in [2.05, 4.69) is 5.32 Å². The van der Waals surface area contributed by atoms with E-state index in [1.807, 2.05) is 27.7 Å². The number of likely N-dealkylation sites (tertiary alicyclic amines) is 1. The number of amides is 1. The van der Waals surface area contributed by atoms with Crippen LogP contribution in [0.3, 0.4) is 0 Å². The molecule has 1 aliphatic heterocycles. The summed E-state index contributed by atoms with van der Waals surface area (Å²) in [7, 11) is 0. The van der Waals surface area contributed by atoms with Crippen molar-refractivity contribution in [1.29, 1.82) is 0 Å². The third-order valence-electron chi connectivity index (χ3n) is 4.08. The molecule has 4 nitrogen and oxygen atoms in total. The Hall–Kier alpha value is -1.33. The molecule has 0 aromatic heterocycles. The molecule has 2 atom stereocenters. The first-order valence-electron chi connectivity index (χ1n) is 8.32. The molecule has 1 amide bonds. The van der Waals surface area contributed by atoms with Crippen molar-refractivity contribution in [2.24, 2.45) is 5.92 Å². The lowest BCUT2D eigenvalue weighted by molar-refractivity contribution is 0.0288. The minimum Gasteiger partial charge on any atom is -0.444 e. The molecule has 2 rings (SSSR count). The summed E-state index contributed by atoms with van der Waals surface area (Å²) >= 11 is 6.10. The number of hydrogen-bond donors (Lipinski definition) is 1. The van der Waals surface area contributed by atoms with E-state index in [0.29, 0.717) is 24.0 Å². The van der Waals surface area contributed by atoms with Gasteiger partial charge in [-0.25, -0.2) is 9.18 Å². The molecule has 134 valence electrons. The molecular weight excluding hydrogens is 331 g/mol. The Morgan fingerprint density at radius 1 is 1.50 bits per heavy atom. The number of nitrogens with zero attached hydrogens (tertiary/aromatic N) is 1. The van der Waals surface area contributed by atoms with Gasteiger partial charge in [-0.2, -0.15) is 0 Å². The lowest BCUT2D eigenvalue weighted by Crippen LogP contribution is -2.36. The van der Waals surface area contributed by atoms with Crippen LogP contribution in [-0.4, -0.2) is 36.2 Å². The SMILES string of the molecule is CC(NCC1CCN(C(=O)OC(C)(C)C)C1)c1ccc(F)cc1Cl. The van der Waals surface area contributed by atoms with Gasteiger partial charge in [-0.05, 0) is 57.7 Å². The summed E-state index contributed by atoms with van der Waals surface area (Å²) in [5, 5.41) is 3.85. The topological polar surface area (TPSA) is 41.6 Å². The maximum absolute atomic E-state index is 13.1. The molecule has 1 aromatic rings. The fraction of sp³-hybridized carbons (Fsp3) is 0.611. The predicted octanol–water partition coefficient (Wildman–Crippen LogP) is 4.39. The monoisotopic (exact) mass is 356 g/mol. The molecule has 24 heavy (non-hydrogen) atoms. The van der Waals surface area contributed by atoms with E-state index in [1.54, 1.807) is 11.0 Å². The average Bonchev–Trinajstić information content (AvgIpc) is 2.92. The molecule has 1 saturated heterocycles. The van der Waals surface area contributed by atoms with Gasteiger partial charge in [0.1, 0.15) is 11.4 Å². The van der Waals surface area contributed by atoms with Crippen LogP contribution in [0.25, 0.3) is 0 Å². The third-order valence-corrected chi connectivity index (χ3v) is 4.41. The highest BCUT2D eigenvalue weighted by molar-refractivity contribution is 6.31. The number of halogens is 2. The molecule has 0 spiro atoms. The molecule has 1 N–H and O–H groups in total. The summed E-state index contributed by atoms with van der Waals surface area (Å²) in [5.74, 6) is 0.0407. The van der Waals surface area contributed by atoms with Crippen molar-refractivity contribution in [1.82, 2.24) is 10.2 Å². The van der Waals surface area contributed by atoms with Gasteiger partial charge < -0.3 is 15.0 Å². The summed E-state index contributed by atoms with van der Waals surface area (Å²) in [6, 6.07) is 4.47. The number of benzene rings is 1. The van der Waals surface area contributed by atoms with E-state index in [4.69, 9.17) is 16.3 Å². The van der Waals surface area contributed by atoms with Crippen LogP contribution < -0.4 is 5.32 Å². The summed E-state index contributed by atoms with van der Waals surface area (Å²) in [4.78, 5) is 13.8. The van der Waals surface area contributed by atoms with Crippen LogP contribution in [0, 0.1) is 11.7 Å². The molecule has 1 fully saturated rings. The van der Waals surface area contributed by atoms with Gasteiger partial charge in [0.15, 0.2) is 0 Å². The maximum atomic E-state index is 13.1. The van der Waals surface area contributed by atoms with Crippen molar-refractivity contribution >= 4 is 17.7 Å². The first-order chi connectivity index (χ1) is 11.2. The molecule has 0 bridgehead atoms. The van der Waals surface area contributed by atoms with Crippen molar-refractivity contribution in [3.8, 4) is 0 Å². The highest BCUT2D eigenvalue weighted by Gasteiger charge is 2.29. The molecule has 0 saturated carbocycles. The maximum Gasteiger partial charge on any atom is 0.410 e. The van der Waals surface area contributed by atoms with Crippen molar-refractivity contribution < 1.29 is 13.9 Å². The van der Waals surface area contributed by atoms with Gasteiger partial charge in [-0.1, -0.05) is 17.7 Å². The van der Waals surface area contributed by atoms with Gasteiger partial charge in [0.05, 0.1) is 0 Å². The normalized spacial score (nSPS) is 19.4. The van der Waals surface area contributed by atoms with Crippen LogP contribution in [0.4, 0.5) is 9.18 Å². The Morgan fingerprint density at radius 2 is 2.21 bits per heavy atom. The van der Waals surface area contributed by atoms with Gasteiger partial charge in [0.2, 0.25) is 0 Å². The first kappa shape index (κ1) is 19.0. The second kappa shape index (κ2) is 7.70. The minimum atomic E-state index is -0.471. The predicted molar refractivity (Wildman–Crippen MR) is 93.7 cm³/mol. The Morgan fingerprint density at radius 3 is 2.83 bits per heavy atom. The Labute approximate surface area is 148 Å². The van der Waals surface area contributed by atoms with Gasteiger partial charge in [-0.3, -0.25) is 0 Å². The highest BCUT2D eigenvalue weighted by Crippen LogP contribution is 2.25. The van der Waals surface area contributed by atoms with E-state index < -0.39 is 5.60 Å². The number of hydrogen-bond acceptors (Lipinski definition) is 3. The number of ether oxygens (including phenoxy) is 1.